The Morgan fingerprint density at radius 1 is 1.00 bits per heavy atom. The molecule has 0 N–H and O–H groups in total. The van der Waals surface area contributed by atoms with Crippen LogP contribution in [0.4, 0.5) is 0 Å². The molecule has 0 spiro atoms. The molecule has 1 saturated heterocycles. The summed E-state index contributed by atoms with van der Waals surface area (Å²) in [4.78, 5) is 32.4. The molecule has 8 nitrogen and oxygen atoms in total. The van der Waals surface area contributed by atoms with Crippen molar-refractivity contribution in [3.63, 3.8) is 0 Å². The second-order valence-electron chi connectivity index (χ2n) is 8.42. The van der Waals surface area contributed by atoms with Gasteiger partial charge in [-0.15, -0.1) is 0 Å². The van der Waals surface area contributed by atoms with Crippen molar-refractivity contribution in [2.75, 3.05) is 13.1 Å². The maximum Gasteiger partial charge on any atom is 0.332 e. The third kappa shape index (κ3) is 4.64. The standard InChI is InChI=1S/C21H35N5O3/c1-6-7-8-9-10-11-26-17(14-25-12-15(2)29-16(3)13-25)22-19-18(26)20(27)24(5)21(28)23(19)4/h15-16H,6-14H2,1-5H3/t15-,16+. The van der Waals surface area contributed by atoms with Gasteiger partial charge in [-0.1, -0.05) is 32.6 Å². The van der Waals surface area contributed by atoms with Gasteiger partial charge in [0.25, 0.3) is 5.56 Å². The van der Waals surface area contributed by atoms with Crippen LogP contribution in [-0.4, -0.2) is 48.9 Å². The zero-order valence-electron chi connectivity index (χ0n) is 18.5. The van der Waals surface area contributed by atoms with Gasteiger partial charge in [-0.05, 0) is 20.3 Å². The number of fused-ring (bicyclic) bond motifs is 1. The van der Waals surface area contributed by atoms with E-state index in [0.717, 1.165) is 38.3 Å². The number of hydrogen-bond donors (Lipinski definition) is 0. The first-order chi connectivity index (χ1) is 13.8. The Kier molecular flexibility index (Phi) is 6.95. The zero-order valence-corrected chi connectivity index (χ0v) is 18.5. The normalized spacial score (nSPS) is 20.6. The molecule has 0 saturated carbocycles. The van der Waals surface area contributed by atoms with Crippen LogP contribution in [0.1, 0.15) is 58.7 Å². The molecule has 0 unspecified atom stereocenters. The molecule has 2 atom stereocenters. The van der Waals surface area contributed by atoms with Crippen LogP contribution in [0.2, 0.25) is 0 Å². The molecule has 3 heterocycles. The molecule has 3 rings (SSSR count). The van der Waals surface area contributed by atoms with Gasteiger partial charge < -0.3 is 9.30 Å². The first-order valence-corrected chi connectivity index (χ1v) is 10.9. The van der Waals surface area contributed by atoms with Gasteiger partial charge in [0, 0.05) is 33.7 Å². The van der Waals surface area contributed by atoms with Crippen molar-refractivity contribution < 1.29 is 4.74 Å². The van der Waals surface area contributed by atoms with Crippen molar-refractivity contribution in [1.29, 1.82) is 0 Å². The SMILES string of the molecule is CCCCCCCn1c(CN2C[C@@H](C)O[C@@H](C)C2)nc2c1c(=O)n(C)c(=O)n2C. The minimum Gasteiger partial charge on any atom is -0.373 e. The predicted molar refractivity (Wildman–Crippen MR) is 114 cm³/mol. The Balaban J connectivity index is 1.97. The second-order valence-corrected chi connectivity index (χ2v) is 8.42. The highest BCUT2D eigenvalue weighted by atomic mass is 16.5. The summed E-state index contributed by atoms with van der Waals surface area (Å²) in [5.41, 5.74) is 0.417. The van der Waals surface area contributed by atoms with E-state index in [1.807, 2.05) is 4.57 Å². The third-order valence-corrected chi connectivity index (χ3v) is 5.77. The van der Waals surface area contributed by atoms with Gasteiger partial charge in [0.1, 0.15) is 5.82 Å². The Morgan fingerprint density at radius 2 is 1.66 bits per heavy atom. The molecule has 162 valence electrons. The minimum absolute atomic E-state index is 0.169. The van der Waals surface area contributed by atoms with E-state index in [-0.39, 0.29) is 23.5 Å². The number of nitrogens with zero attached hydrogens (tertiary/aromatic N) is 5. The van der Waals surface area contributed by atoms with Gasteiger partial charge in [-0.2, -0.15) is 0 Å². The van der Waals surface area contributed by atoms with E-state index in [2.05, 4.69) is 25.7 Å². The molecular weight excluding hydrogens is 370 g/mol. The summed E-state index contributed by atoms with van der Waals surface area (Å²) < 4.78 is 10.6. The zero-order chi connectivity index (χ0) is 21.1. The van der Waals surface area contributed by atoms with Gasteiger partial charge >= 0.3 is 5.69 Å². The second kappa shape index (κ2) is 9.26. The van der Waals surface area contributed by atoms with Gasteiger partial charge in [0.05, 0.1) is 18.8 Å². The van der Waals surface area contributed by atoms with Gasteiger partial charge in [0.2, 0.25) is 0 Å². The van der Waals surface area contributed by atoms with Crippen LogP contribution >= 0.6 is 0 Å². The maximum absolute atomic E-state index is 12.9. The number of hydrogen-bond acceptors (Lipinski definition) is 5. The molecule has 0 bridgehead atoms. The van der Waals surface area contributed by atoms with E-state index in [4.69, 9.17) is 9.72 Å². The van der Waals surface area contributed by atoms with Crippen molar-refractivity contribution in [2.24, 2.45) is 14.1 Å². The largest absolute Gasteiger partial charge is 0.373 e. The topological polar surface area (TPSA) is 74.3 Å². The Labute approximate surface area is 172 Å². The molecule has 0 aliphatic carbocycles. The Bertz CT molecular complexity index is 948. The van der Waals surface area contributed by atoms with Crippen molar-refractivity contribution in [2.45, 2.75) is 78.2 Å². The van der Waals surface area contributed by atoms with Crippen LogP contribution in [0, 0.1) is 0 Å². The smallest absolute Gasteiger partial charge is 0.332 e. The molecule has 2 aromatic rings. The summed E-state index contributed by atoms with van der Waals surface area (Å²) in [6.45, 7) is 9.44. The molecule has 29 heavy (non-hydrogen) atoms. The highest BCUT2D eigenvalue weighted by Crippen LogP contribution is 2.18. The summed E-state index contributed by atoms with van der Waals surface area (Å²) in [5.74, 6) is 0.857. The highest BCUT2D eigenvalue weighted by molar-refractivity contribution is 5.71. The molecule has 1 aliphatic heterocycles. The van der Waals surface area contributed by atoms with E-state index in [9.17, 15) is 9.59 Å². The number of imidazole rings is 1. The first-order valence-electron chi connectivity index (χ1n) is 10.9. The monoisotopic (exact) mass is 405 g/mol. The Hall–Kier alpha value is -1.93. The molecule has 0 amide bonds. The van der Waals surface area contributed by atoms with Crippen molar-refractivity contribution in [3.8, 4) is 0 Å². The van der Waals surface area contributed by atoms with Crippen LogP contribution in [-0.2, 0) is 31.9 Å². The Morgan fingerprint density at radius 3 is 2.31 bits per heavy atom. The fourth-order valence-electron chi connectivity index (χ4n) is 4.34. The van der Waals surface area contributed by atoms with E-state index in [1.54, 1.807) is 7.05 Å². The quantitative estimate of drug-likeness (QED) is 0.628. The van der Waals surface area contributed by atoms with Crippen LogP contribution < -0.4 is 11.2 Å². The third-order valence-electron chi connectivity index (χ3n) is 5.77. The van der Waals surface area contributed by atoms with E-state index in [0.29, 0.717) is 17.7 Å². The summed E-state index contributed by atoms with van der Waals surface area (Å²) in [5, 5.41) is 0. The lowest BCUT2D eigenvalue weighted by atomic mass is 10.1. The fourth-order valence-corrected chi connectivity index (χ4v) is 4.34. The summed E-state index contributed by atoms with van der Waals surface area (Å²) in [6.07, 6.45) is 6.11. The molecule has 0 radical (unpaired) electrons. The number of ether oxygens (including phenoxy) is 1. The summed E-state index contributed by atoms with van der Waals surface area (Å²) in [6, 6.07) is 0. The van der Waals surface area contributed by atoms with Gasteiger partial charge in [-0.25, -0.2) is 9.78 Å². The molecule has 8 heteroatoms. The van der Waals surface area contributed by atoms with Crippen molar-refractivity contribution >= 4 is 11.2 Å². The van der Waals surface area contributed by atoms with Crippen LogP contribution in [0.25, 0.3) is 11.2 Å². The summed E-state index contributed by atoms with van der Waals surface area (Å²) >= 11 is 0. The molecular formula is C21H35N5O3. The van der Waals surface area contributed by atoms with E-state index in [1.165, 1.54) is 35.4 Å². The predicted octanol–water partition coefficient (Wildman–Crippen LogP) is 2.01. The van der Waals surface area contributed by atoms with Gasteiger partial charge in [0.15, 0.2) is 11.2 Å². The fraction of sp³-hybridized carbons (Fsp3) is 0.762. The van der Waals surface area contributed by atoms with Crippen LogP contribution in [0.5, 0.6) is 0 Å². The van der Waals surface area contributed by atoms with Crippen molar-refractivity contribution in [1.82, 2.24) is 23.6 Å². The number of unbranched alkanes of at least 4 members (excludes halogenated alkanes) is 4. The first kappa shape index (κ1) is 21.8. The highest BCUT2D eigenvalue weighted by Gasteiger charge is 2.25. The number of aromatic nitrogens is 4. The van der Waals surface area contributed by atoms with E-state index >= 15 is 0 Å². The lowest BCUT2D eigenvalue weighted by Gasteiger charge is -2.35. The number of morpholine rings is 1. The number of rotatable bonds is 8. The average Bonchev–Trinajstić information content (AvgIpc) is 3.02. The molecule has 0 aromatic carbocycles. The average molecular weight is 406 g/mol. The van der Waals surface area contributed by atoms with Gasteiger partial charge in [-0.3, -0.25) is 18.8 Å². The van der Waals surface area contributed by atoms with Crippen LogP contribution in [0.15, 0.2) is 9.59 Å². The lowest BCUT2D eigenvalue weighted by Crippen LogP contribution is -2.45. The van der Waals surface area contributed by atoms with E-state index < -0.39 is 0 Å². The number of aryl methyl sites for hydroxylation is 2. The maximum atomic E-state index is 12.9. The minimum atomic E-state index is -0.338. The summed E-state index contributed by atoms with van der Waals surface area (Å²) in [7, 11) is 3.22. The van der Waals surface area contributed by atoms with Crippen LogP contribution in [0.3, 0.4) is 0 Å². The van der Waals surface area contributed by atoms with Crippen molar-refractivity contribution in [3.05, 3.63) is 26.7 Å². The lowest BCUT2D eigenvalue weighted by molar-refractivity contribution is -0.0712. The molecule has 1 fully saturated rings. The molecule has 1 aliphatic rings. The molecule has 2 aromatic heterocycles.